The zero-order chi connectivity index (χ0) is 15.8. The van der Waals surface area contributed by atoms with Crippen LogP contribution in [0.3, 0.4) is 0 Å². The van der Waals surface area contributed by atoms with Gasteiger partial charge in [0.15, 0.2) is 0 Å². The molecule has 0 fully saturated rings. The molecule has 0 aromatic heterocycles. The normalized spacial score (nSPS) is 13.3. The highest BCUT2D eigenvalue weighted by atomic mass is 79.9. The third kappa shape index (κ3) is 3.47. The first kappa shape index (κ1) is 16.5. The lowest BCUT2D eigenvalue weighted by Crippen LogP contribution is -2.17. The van der Waals surface area contributed by atoms with Crippen molar-refractivity contribution in [3.63, 3.8) is 0 Å². The zero-order valence-electron chi connectivity index (χ0n) is 12.1. The number of hydrogen-bond donors (Lipinski definition) is 1. The number of aliphatic hydroxyl groups excluding tert-OH is 1. The van der Waals surface area contributed by atoms with Crippen molar-refractivity contribution in [1.29, 1.82) is 0 Å². The van der Waals surface area contributed by atoms with Gasteiger partial charge in [0, 0.05) is 10.0 Å². The van der Waals surface area contributed by atoms with Crippen LogP contribution >= 0.6 is 27.5 Å². The lowest BCUT2D eigenvalue weighted by Gasteiger charge is -2.25. The van der Waals surface area contributed by atoms with Crippen LogP contribution in [0.4, 0.5) is 4.39 Å². The quantitative estimate of drug-likeness (QED) is 0.679. The van der Waals surface area contributed by atoms with Crippen LogP contribution in [0.15, 0.2) is 40.9 Å². The summed E-state index contributed by atoms with van der Waals surface area (Å²) in [5.41, 5.74) is 1.71. The predicted molar refractivity (Wildman–Crippen MR) is 88.3 cm³/mol. The van der Waals surface area contributed by atoms with E-state index in [1.165, 1.54) is 12.1 Å². The Balaban J connectivity index is 2.56. The SMILES string of the molecule is CC(C)(C)c1ccccc1C(O)c1cc(Cl)c(Br)cc1F. The second-order valence-corrected chi connectivity index (χ2v) is 7.29. The van der Waals surface area contributed by atoms with Crippen molar-refractivity contribution in [2.45, 2.75) is 32.3 Å². The van der Waals surface area contributed by atoms with E-state index in [1.807, 2.05) is 24.3 Å². The third-order valence-electron chi connectivity index (χ3n) is 3.40. The van der Waals surface area contributed by atoms with E-state index in [9.17, 15) is 9.50 Å². The van der Waals surface area contributed by atoms with Crippen molar-refractivity contribution in [3.05, 3.63) is 68.4 Å². The molecule has 0 aliphatic heterocycles. The van der Waals surface area contributed by atoms with Crippen molar-refractivity contribution in [3.8, 4) is 0 Å². The topological polar surface area (TPSA) is 20.2 Å². The fourth-order valence-electron chi connectivity index (χ4n) is 2.33. The van der Waals surface area contributed by atoms with Gasteiger partial charge in [0.25, 0.3) is 0 Å². The van der Waals surface area contributed by atoms with E-state index < -0.39 is 11.9 Å². The summed E-state index contributed by atoms with van der Waals surface area (Å²) in [6.45, 7) is 6.18. The molecule has 0 spiro atoms. The second kappa shape index (κ2) is 6.07. The Bertz CT molecular complexity index is 664. The van der Waals surface area contributed by atoms with E-state index in [0.29, 0.717) is 15.1 Å². The molecule has 1 nitrogen and oxygen atoms in total. The Kier molecular flexibility index (Phi) is 4.76. The van der Waals surface area contributed by atoms with Crippen LogP contribution in [0.5, 0.6) is 0 Å². The molecule has 0 radical (unpaired) electrons. The van der Waals surface area contributed by atoms with Crippen LogP contribution in [0, 0.1) is 5.82 Å². The van der Waals surface area contributed by atoms with Gasteiger partial charge in [0.1, 0.15) is 11.9 Å². The highest BCUT2D eigenvalue weighted by Crippen LogP contribution is 2.36. The minimum Gasteiger partial charge on any atom is -0.384 e. The molecule has 0 heterocycles. The van der Waals surface area contributed by atoms with Crippen molar-refractivity contribution in [2.24, 2.45) is 0 Å². The Morgan fingerprint density at radius 1 is 1.14 bits per heavy atom. The lowest BCUT2D eigenvalue weighted by atomic mass is 9.81. The fourth-order valence-corrected chi connectivity index (χ4v) is 2.82. The number of benzene rings is 2. The maximum Gasteiger partial charge on any atom is 0.130 e. The monoisotopic (exact) mass is 370 g/mol. The number of hydrogen-bond acceptors (Lipinski definition) is 1. The first-order valence-electron chi connectivity index (χ1n) is 6.63. The first-order chi connectivity index (χ1) is 9.71. The third-order valence-corrected chi connectivity index (χ3v) is 4.59. The molecule has 0 amide bonds. The largest absolute Gasteiger partial charge is 0.384 e. The van der Waals surface area contributed by atoms with Gasteiger partial charge in [-0.3, -0.25) is 0 Å². The summed E-state index contributed by atoms with van der Waals surface area (Å²) < 4.78 is 14.6. The van der Waals surface area contributed by atoms with Crippen LogP contribution in [0.2, 0.25) is 5.02 Å². The highest BCUT2D eigenvalue weighted by molar-refractivity contribution is 9.10. The zero-order valence-corrected chi connectivity index (χ0v) is 14.5. The van der Waals surface area contributed by atoms with Gasteiger partial charge in [-0.2, -0.15) is 0 Å². The number of halogens is 3. The molecule has 0 aliphatic carbocycles. The number of aliphatic hydroxyl groups is 1. The van der Waals surface area contributed by atoms with E-state index in [2.05, 4.69) is 36.7 Å². The molecule has 1 atom stereocenters. The van der Waals surface area contributed by atoms with Crippen molar-refractivity contribution in [2.75, 3.05) is 0 Å². The molecule has 0 saturated carbocycles. The number of rotatable bonds is 2. The Morgan fingerprint density at radius 2 is 1.76 bits per heavy atom. The van der Waals surface area contributed by atoms with Gasteiger partial charge >= 0.3 is 0 Å². The predicted octanol–water partition coefficient (Wildman–Crippen LogP) is 5.62. The molecule has 0 bridgehead atoms. The van der Waals surface area contributed by atoms with Crippen molar-refractivity contribution >= 4 is 27.5 Å². The highest BCUT2D eigenvalue weighted by Gasteiger charge is 2.24. The molecular formula is C17H17BrClFO. The van der Waals surface area contributed by atoms with Crippen molar-refractivity contribution in [1.82, 2.24) is 0 Å². The van der Waals surface area contributed by atoms with E-state index >= 15 is 0 Å². The van der Waals surface area contributed by atoms with E-state index in [-0.39, 0.29) is 11.0 Å². The molecule has 0 aliphatic rings. The van der Waals surface area contributed by atoms with Gasteiger partial charge in [0.2, 0.25) is 0 Å². The summed E-state index contributed by atoms with van der Waals surface area (Å²) in [6.07, 6.45) is -1.05. The molecule has 2 aromatic carbocycles. The molecule has 112 valence electrons. The van der Waals surface area contributed by atoms with Crippen molar-refractivity contribution < 1.29 is 9.50 Å². The second-order valence-electron chi connectivity index (χ2n) is 6.03. The van der Waals surface area contributed by atoms with E-state index in [1.54, 1.807) is 0 Å². The van der Waals surface area contributed by atoms with Crippen LogP contribution in [0.1, 0.15) is 43.6 Å². The molecular weight excluding hydrogens is 355 g/mol. The summed E-state index contributed by atoms with van der Waals surface area (Å²) in [6, 6.07) is 10.3. The maximum absolute atomic E-state index is 14.1. The summed E-state index contributed by atoms with van der Waals surface area (Å²) in [5.74, 6) is -0.484. The average molecular weight is 372 g/mol. The summed E-state index contributed by atoms with van der Waals surface area (Å²) in [4.78, 5) is 0. The molecule has 21 heavy (non-hydrogen) atoms. The molecule has 2 rings (SSSR count). The maximum atomic E-state index is 14.1. The smallest absolute Gasteiger partial charge is 0.130 e. The Hall–Kier alpha value is -0.900. The van der Waals surface area contributed by atoms with Crippen LogP contribution in [-0.2, 0) is 5.41 Å². The van der Waals surface area contributed by atoms with Gasteiger partial charge < -0.3 is 5.11 Å². The standard InChI is InChI=1S/C17H17BrClFO/c1-17(2,3)12-7-5-4-6-10(12)16(21)11-8-14(19)13(18)9-15(11)20/h4-9,16,21H,1-3H3. The minimum atomic E-state index is -1.05. The van der Waals surface area contributed by atoms with Gasteiger partial charge in [-0.05, 0) is 44.6 Å². The van der Waals surface area contributed by atoms with Gasteiger partial charge in [-0.25, -0.2) is 4.39 Å². The van der Waals surface area contributed by atoms with Crippen LogP contribution < -0.4 is 0 Å². The minimum absolute atomic E-state index is 0.146. The molecule has 1 N–H and O–H groups in total. The van der Waals surface area contributed by atoms with Gasteiger partial charge in [-0.1, -0.05) is 56.6 Å². The summed E-state index contributed by atoms with van der Waals surface area (Å²) >= 11 is 9.20. The van der Waals surface area contributed by atoms with Crippen LogP contribution in [-0.4, -0.2) is 5.11 Å². The Labute approximate surface area is 137 Å². The first-order valence-corrected chi connectivity index (χ1v) is 7.81. The lowest BCUT2D eigenvalue weighted by molar-refractivity contribution is 0.212. The Morgan fingerprint density at radius 3 is 2.38 bits per heavy atom. The van der Waals surface area contributed by atoms with Crippen LogP contribution in [0.25, 0.3) is 0 Å². The molecule has 2 aromatic rings. The summed E-state index contributed by atoms with van der Waals surface area (Å²) in [5, 5.41) is 11.0. The van der Waals surface area contributed by atoms with E-state index in [4.69, 9.17) is 11.6 Å². The summed E-state index contributed by atoms with van der Waals surface area (Å²) in [7, 11) is 0. The van der Waals surface area contributed by atoms with Gasteiger partial charge in [0.05, 0.1) is 5.02 Å². The molecule has 4 heteroatoms. The molecule has 0 saturated heterocycles. The van der Waals surface area contributed by atoms with Gasteiger partial charge in [-0.15, -0.1) is 0 Å². The average Bonchev–Trinajstić information content (AvgIpc) is 2.41. The fraction of sp³-hybridized carbons (Fsp3) is 0.294. The molecule has 1 unspecified atom stereocenters. The van der Waals surface area contributed by atoms with E-state index in [0.717, 1.165) is 5.56 Å².